The largest absolute Gasteiger partial charge is 0.507 e. The Morgan fingerprint density at radius 3 is 2.40 bits per heavy atom. The normalized spacial score (nSPS) is 18.1. The molecular formula is C24H19BrN2O3. The number of pyridine rings is 1. The Labute approximate surface area is 182 Å². The minimum atomic E-state index is -0.756. The van der Waals surface area contributed by atoms with Gasteiger partial charge in [-0.25, -0.2) is 0 Å². The third kappa shape index (κ3) is 3.55. The smallest absolute Gasteiger partial charge is 0.300 e. The Hall–Kier alpha value is -3.25. The van der Waals surface area contributed by atoms with Crippen molar-refractivity contribution in [3.63, 3.8) is 0 Å². The zero-order valence-electron chi connectivity index (χ0n) is 16.2. The average Bonchev–Trinajstić information content (AvgIpc) is 3.04. The summed E-state index contributed by atoms with van der Waals surface area (Å²) in [6, 6.07) is 17.3. The summed E-state index contributed by atoms with van der Waals surface area (Å²) in [6.45, 7) is 2.04. The van der Waals surface area contributed by atoms with E-state index >= 15 is 0 Å². The van der Waals surface area contributed by atoms with E-state index in [9.17, 15) is 14.7 Å². The van der Waals surface area contributed by atoms with Crippen molar-refractivity contribution < 1.29 is 14.7 Å². The molecule has 0 saturated carbocycles. The molecule has 5 nitrogen and oxygen atoms in total. The van der Waals surface area contributed by atoms with Crippen molar-refractivity contribution in [1.29, 1.82) is 0 Å². The van der Waals surface area contributed by atoms with Crippen LogP contribution in [0.5, 0.6) is 0 Å². The van der Waals surface area contributed by atoms with Gasteiger partial charge in [0.1, 0.15) is 5.76 Å². The van der Waals surface area contributed by atoms with Gasteiger partial charge >= 0.3 is 0 Å². The predicted molar refractivity (Wildman–Crippen MR) is 119 cm³/mol. The van der Waals surface area contributed by atoms with Crippen LogP contribution in [0.15, 0.2) is 83.1 Å². The molecular weight excluding hydrogens is 444 g/mol. The first-order chi connectivity index (χ1) is 14.5. The maximum atomic E-state index is 13.1. The maximum Gasteiger partial charge on any atom is 0.300 e. The molecule has 4 rings (SSSR count). The Morgan fingerprint density at radius 2 is 1.77 bits per heavy atom. The zero-order chi connectivity index (χ0) is 21.3. The van der Waals surface area contributed by atoms with E-state index in [1.165, 1.54) is 4.90 Å². The third-order valence-corrected chi connectivity index (χ3v) is 5.68. The Morgan fingerprint density at radius 1 is 1.07 bits per heavy atom. The van der Waals surface area contributed by atoms with Gasteiger partial charge in [-0.1, -0.05) is 53.2 Å². The summed E-state index contributed by atoms with van der Waals surface area (Å²) in [5.74, 6) is -1.58. The summed E-state index contributed by atoms with van der Waals surface area (Å²) in [6.07, 6.45) is 4.07. The molecule has 1 fully saturated rings. The number of nitrogens with zero attached hydrogens (tertiary/aromatic N) is 2. The molecule has 1 N–H and O–H groups in total. The molecule has 0 aliphatic carbocycles. The lowest BCUT2D eigenvalue weighted by Gasteiger charge is -2.25. The van der Waals surface area contributed by atoms with E-state index in [4.69, 9.17) is 0 Å². The Kier molecular flexibility index (Phi) is 5.50. The first-order valence-corrected chi connectivity index (χ1v) is 10.4. The van der Waals surface area contributed by atoms with E-state index in [0.29, 0.717) is 16.8 Å². The van der Waals surface area contributed by atoms with Gasteiger partial charge in [0.15, 0.2) is 0 Å². The Bertz CT molecular complexity index is 1140. The second-order valence-electron chi connectivity index (χ2n) is 6.98. The highest BCUT2D eigenvalue weighted by molar-refractivity contribution is 9.10. The number of halogens is 1. The number of Topliss-reactive ketones (excluding diaryl/α,β-unsaturated/α-hetero) is 1. The fourth-order valence-electron chi connectivity index (χ4n) is 3.64. The van der Waals surface area contributed by atoms with Gasteiger partial charge in [0.2, 0.25) is 0 Å². The van der Waals surface area contributed by atoms with E-state index < -0.39 is 17.7 Å². The molecule has 30 heavy (non-hydrogen) atoms. The molecule has 6 heteroatoms. The number of carbonyl (C=O) groups excluding carboxylic acids is 2. The maximum absolute atomic E-state index is 13.1. The molecule has 1 unspecified atom stereocenters. The minimum absolute atomic E-state index is 0.0652. The van der Waals surface area contributed by atoms with Crippen molar-refractivity contribution in [2.24, 2.45) is 0 Å². The van der Waals surface area contributed by atoms with Crippen molar-refractivity contribution in [2.45, 2.75) is 19.4 Å². The van der Waals surface area contributed by atoms with Gasteiger partial charge in [0, 0.05) is 28.1 Å². The van der Waals surface area contributed by atoms with E-state index in [2.05, 4.69) is 20.9 Å². The molecule has 1 atom stereocenters. The minimum Gasteiger partial charge on any atom is -0.507 e. The summed E-state index contributed by atoms with van der Waals surface area (Å²) in [4.78, 5) is 31.6. The van der Waals surface area contributed by atoms with Gasteiger partial charge < -0.3 is 5.11 Å². The second kappa shape index (κ2) is 8.24. The van der Waals surface area contributed by atoms with E-state index in [-0.39, 0.29) is 11.3 Å². The number of anilines is 1. The van der Waals surface area contributed by atoms with E-state index in [1.54, 1.807) is 54.9 Å². The lowest BCUT2D eigenvalue weighted by Crippen LogP contribution is -2.29. The van der Waals surface area contributed by atoms with Gasteiger partial charge in [0.05, 0.1) is 11.6 Å². The molecule has 1 amide bonds. The van der Waals surface area contributed by atoms with Gasteiger partial charge in [-0.05, 0) is 47.9 Å². The van der Waals surface area contributed by atoms with Crippen LogP contribution in [0.1, 0.15) is 29.7 Å². The number of benzene rings is 2. The van der Waals surface area contributed by atoms with Crippen molar-refractivity contribution >= 4 is 39.1 Å². The highest BCUT2D eigenvalue weighted by atomic mass is 79.9. The number of ketones is 1. The monoisotopic (exact) mass is 462 g/mol. The number of aryl methyl sites for hydroxylation is 1. The quantitative estimate of drug-likeness (QED) is 0.335. The molecule has 1 aromatic heterocycles. The number of aliphatic hydroxyl groups excluding tert-OH is 1. The van der Waals surface area contributed by atoms with Crippen LogP contribution in [0.2, 0.25) is 0 Å². The number of rotatable bonds is 4. The molecule has 0 bridgehead atoms. The van der Waals surface area contributed by atoms with Crippen LogP contribution >= 0.6 is 15.9 Å². The van der Waals surface area contributed by atoms with Gasteiger partial charge in [-0.15, -0.1) is 0 Å². The van der Waals surface area contributed by atoms with Crippen molar-refractivity contribution in [1.82, 2.24) is 4.98 Å². The molecule has 0 radical (unpaired) electrons. The van der Waals surface area contributed by atoms with Crippen molar-refractivity contribution in [2.75, 3.05) is 4.90 Å². The number of hydrogen-bond acceptors (Lipinski definition) is 4. The third-order valence-electron chi connectivity index (χ3n) is 5.19. The number of carbonyl (C=O) groups is 2. The average molecular weight is 463 g/mol. The van der Waals surface area contributed by atoms with Crippen molar-refractivity contribution in [3.05, 3.63) is 99.8 Å². The first-order valence-electron chi connectivity index (χ1n) is 9.57. The zero-order valence-corrected chi connectivity index (χ0v) is 17.8. The standard InChI is InChI=1S/C24H19BrN2O3/c1-2-15-6-8-17(9-7-15)22(28)20-21(16-10-12-26-13-11-16)27(24(30)23(20)29)19-5-3-4-18(25)14-19/h3-14,21,28H,2H2,1H3/b22-20+. The SMILES string of the molecule is CCc1ccc(/C(O)=C2\C(=O)C(=O)N(c3cccc(Br)c3)C2c2ccncc2)cc1. The highest BCUT2D eigenvalue weighted by Gasteiger charge is 2.46. The number of aliphatic hydroxyl groups is 1. The van der Waals surface area contributed by atoms with Crippen LogP contribution in [-0.2, 0) is 16.0 Å². The van der Waals surface area contributed by atoms with E-state index in [1.807, 2.05) is 25.1 Å². The second-order valence-corrected chi connectivity index (χ2v) is 7.90. The predicted octanol–water partition coefficient (Wildman–Crippen LogP) is 5.03. The van der Waals surface area contributed by atoms with Gasteiger partial charge in [-0.2, -0.15) is 0 Å². The van der Waals surface area contributed by atoms with Crippen LogP contribution in [0, 0.1) is 0 Å². The first kappa shape index (κ1) is 20.0. The van der Waals surface area contributed by atoms with E-state index in [0.717, 1.165) is 16.5 Å². The molecule has 3 aromatic rings. The Balaban J connectivity index is 1.92. The van der Waals surface area contributed by atoms with Gasteiger partial charge in [0.25, 0.3) is 11.7 Å². The number of amides is 1. The van der Waals surface area contributed by atoms with Crippen LogP contribution in [0.3, 0.4) is 0 Å². The lowest BCUT2D eigenvalue weighted by molar-refractivity contribution is -0.132. The van der Waals surface area contributed by atoms with Crippen LogP contribution < -0.4 is 4.90 Å². The highest BCUT2D eigenvalue weighted by Crippen LogP contribution is 2.42. The lowest BCUT2D eigenvalue weighted by atomic mass is 9.95. The fraction of sp³-hybridized carbons (Fsp3) is 0.125. The summed E-state index contributed by atoms with van der Waals surface area (Å²) in [5.41, 5.74) is 2.94. The molecule has 2 heterocycles. The summed E-state index contributed by atoms with van der Waals surface area (Å²) in [5, 5.41) is 11.1. The molecule has 2 aromatic carbocycles. The molecule has 1 aliphatic heterocycles. The number of aromatic nitrogens is 1. The summed E-state index contributed by atoms with van der Waals surface area (Å²) >= 11 is 3.42. The van der Waals surface area contributed by atoms with Crippen LogP contribution in [-0.4, -0.2) is 21.8 Å². The summed E-state index contributed by atoms with van der Waals surface area (Å²) in [7, 11) is 0. The molecule has 150 valence electrons. The summed E-state index contributed by atoms with van der Waals surface area (Å²) < 4.78 is 0.783. The van der Waals surface area contributed by atoms with Gasteiger partial charge in [-0.3, -0.25) is 19.5 Å². The number of hydrogen-bond donors (Lipinski definition) is 1. The topological polar surface area (TPSA) is 70.5 Å². The van der Waals surface area contributed by atoms with Crippen LogP contribution in [0.25, 0.3) is 5.76 Å². The fourth-order valence-corrected chi connectivity index (χ4v) is 4.03. The molecule has 1 aliphatic rings. The molecule has 0 spiro atoms. The van der Waals surface area contributed by atoms with Crippen LogP contribution in [0.4, 0.5) is 5.69 Å². The molecule has 1 saturated heterocycles. The van der Waals surface area contributed by atoms with Crippen molar-refractivity contribution in [3.8, 4) is 0 Å².